The van der Waals surface area contributed by atoms with Crippen molar-refractivity contribution in [1.29, 1.82) is 0 Å². The van der Waals surface area contributed by atoms with Crippen LogP contribution in [-0.2, 0) is 17.8 Å². The minimum absolute atomic E-state index is 0.0482. The van der Waals surface area contributed by atoms with Crippen LogP contribution in [0.5, 0.6) is 5.75 Å². The van der Waals surface area contributed by atoms with Crippen molar-refractivity contribution < 1.29 is 9.53 Å². The smallest absolute Gasteiger partial charge is 0.230 e. The highest BCUT2D eigenvalue weighted by Gasteiger charge is 2.17. The normalized spacial score (nSPS) is 13.5. The first-order valence-corrected chi connectivity index (χ1v) is 10.8. The lowest BCUT2D eigenvalue weighted by atomic mass is 10.2. The minimum atomic E-state index is -0.0482. The second-order valence-electron chi connectivity index (χ2n) is 7.27. The lowest BCUT2D eigenvalue weighted by molar-refractivity contribution is -0.115. The van der Waals surface area contributed by atoms with Gasteiger partial charge in [-0.05, 0) is 44.0 Å². The predicted octanol–water partition coefficient (Wildman–Crippen LogP) is 4.81. The van der Waals surface area contributed by atoms with Gasteiger partial charge in [-0.25, -0.2) is 4.98 Å². The van der Waals surface area contributed by atoms with E-state index in [2.05, 4.69) is 21.3 Å². The number of aromatic nitrogens is 1. The number of carbonyl (C=O) groups excluding carboxylic acids is 1. The Balaban J connectivity index is 1.33. The molecular weight excluding hydrogens is 382 g/mol. The first kappa shape index (κ1) is 19.5. The summed E-state index contributed by atoms with van der Waals surface area (Å²) < 4.78 is 5.78. The maximum Gasteiger partial charge on any atom is 0.230 e. The molecule has 0 bridgehead atoms. The molecule has 1 N–H and O–H groups in total. The summed E-state index contributed by atoms with van der Waals surface area (Å²) in [6, 6.07) is 16.0. The van der Waals surface area contributed by atoms with Crippen molar-refractivity contribution in [2.45, 2.75) is 32.8 Å². The number of carbonyl (C=O) groups is 1. The fraction of sp³-hybridized carbons (Fsp3) is 0.304. The van der Waals surface area contributed by atoms with Crippen LogP contribution in [0.4, 0.5) is 11.4 Å². The number of nitrogens with one attached hydrogen (secondary N) is 1. The number of aryl methyl sites for hydroxylation is 1. The van der Waals surface area contributed by atoms with Crippen LogP contribution in [0, 0.1) is 6.92 Å². The van der Waals surface area contributed by atoms with E-state index in [-0.39, 0.29) is 12.3 Å². The number of ether oxygens (including phenoxy) is 1. The van der Waals surface area contributed by atoms with Gasteiger partial charge in [0.2, 0.25) is 5.91 Å². The number of amides is 1. The summed E-state index contributed by atoms with van der Waals surface area (Å²) >= 11 is 1.52. The lowest BCUT2D eigenvalue weighted by Gasteiger charge is -2.21. The third-order valence-corrected chi connectivity index (χ3v) is 5.82. The lowest BCUT2D eigenvalue weighted by Crippen LogP contribution is -2.21. The van der Waals surface area contributed by atoms with Gasteiger partial charge in [0.1, 0.15) is 17.4 Å². The van der Waals surface area contributed by atoms with Gasteiger partial charge in [-0.1, -0.05) is 29.8 Å². The Labute approximate surface area is 175 Å². The van der Waals surface area contributed by atoms with Crippen molar-refractivity contribution in [3.05, 3.63) is 70.2 Å². The third kappa shape index (κ3) is 5.15. The SMILES string of the molecule is Cc1ccc(OCc2nc(CC(=O)Nc3ccccc3N3CCCC3)cs2)cc1. The molecule has 150 valence electrons. The summed E-state index contributed by atoms with van der Waals surface area (Å²) in [6.07, 6.45) is 2.67. The van der Waals surface area contributed by atoms with Crippen molar-refractivity contribution in [3.63, 3.8) is 0 Å². The van der Waals surface area contributed by atoms with E-state index < -0.39 is 0 Å². The van der Waals surface area contributed by atoms with Gasteiger partial charge < -0.3 is 15.0 Å². The molecular formula is C23H25N3O2S. The summed E-state index contributed by atoms with van der Waals surface area (Å²) in [7, 11) is 0. The maximum atomic E-state index is 12.6. The third-order valence-electron chi connectivity index (χ3n) is 4.95. The molecule has 0 radical (unpaired) electrons. The molecule has 0 unspecified atom stereocenters. The van der Waals surface area contributed by atoms with E-state index >= 15 is 0 Å². The topological polar surface area (TPSA) is 54.5 Å². The predicted molar refractivity (Wildman–Crippen MR) is 118 cm³/mol. The quantitative estimate of drug-likeness (QED) is 0.611. The first-order chi connectivity index (χ1) is 14.2. The van der Waals surface area contributed by atoms with Crippen LogP contribution in [0.2, 0.25) is 0 Å². The van der Waals surface area contributed by atoms with Crippen molar-refractivity contribution in [2.24, 2.45) is 0 Å². The van der Waals surface area contributed by atoms with Crippen molar-refractivity contribution in [3.8, 4) is 5.75 Å². The second kappa shape index (κ2) is 9.09. The number of hydrogen-bond donors (Lipinski definition) is 1. The molecule has 4 rings (SSSR count). The van der Waals surface area contributed by atoms with Crippen LogP contribution < -0.4 is 15.0 Å². The molecule has 1 amide bonds. The number of thiazole rings is 1. The second-order valence-corrected chi connectivity index (χ2v) is 8.21. The van der Waals surface area contributed by atoms with E-state index in [0.717, 1.165) is 40.9 Å². The molecule has 2 heterocycles. The van der Waals surface area contributed by atoms with Crippen molar-refractivity contribution in [1.82, 2.24) is 4.98 Å². The fourth-order valence-electron chi connectivity index (χ4n) is 3.45. The molecule has 1 aliphatic rings. The Kier molecular flexibility index (Phi) is 6.10. The average Bonchev–Trinajstić information content (AvgIpc) is 3.40. The van der Waals surface area contributed by atoms with E-state index in [0.29, 0.717) is 6.61 Å². The van der Waals surface area contributed by atoms with Gasteiger partial charge >= 0.3 is 0 Å². The van der Waals surface area contributed by atoms with Gasteiger partial charge in [-0.3, -0.25) is 4.79 Å². The van der Waals surface area contributed by atoms with Gasteiger partial charge in [0, 0.05) is 18.5 Å². The Hall–Kier alpha value is -2.86. The monoisotopic (exact) mass is 407 g/mol. The summed E-state index contributed by atoms with van der Waals surface area (Å²) in [5.74, 6) is 0.775. The molecule has 5 nitrogen and oxygen atoms in total. The molecule has 3 aromatic rings. The number of anilines is 2. The van der Waals surface area contributed by atoms with E-state index in [1.807, 2.05) is 54.8 Å². The maximum absolute atomic E-state index is 12.6. The minimum Gasteiger partial charge on any atom is -0.486 e. The van der Waals surface area contributed by atoms with E-state index in [1.54, 1.807) is 0 Å². The van der Waals surface area contributed by atoms with E-state index in [4.69, 9.17) is 4.74 Å². The zero-order valence-corrected chi connectivity index (χ0v) is 17.4. The average molecular weight is 408 g/mol. The highest BCUT2D eigenvalue weighted by atomic mass is 32.1. The number of nitrogens with zero attached hydrogens (tertiary/aromatic N) is 2. The molecule has 1 saturated heterocycles. The Bertz CT molecular complexity index is 962. The molecule has 1 fully saturated rings. The van der Waals surface area contributed by atoms with Crippen LogP contribution in [-0.4, -0.2) is 24.0 Å². The molecule has 0 spiro atoms. The van der Waals surface area contributed by atoms with Gasteiger partial charge in [-0.2, -0.15) is 0 Å². The largest absolute Gasteiger partial charge is 0.486 e. The van der Waals surface area contributed by atoms with Crippen molar-refractivity contribution >= 4 is 28.6 Å². The molecule has 0 atom stereocenters. The van der Waals surface area contributed by atoms with Crippen LogP contribution in [0.3, 0.4) is 0 Å². The van der Waals surface area contributed by atoms with Gasteiger partial charge in [-0.15, -0.1) is 11.3 Å². The van der Waals surface area contributed by atoms with Crippen LogP contribution >= 0.6 is 11.3 Å². The highest BCUT2D eigenvalue weighted by molar-refractivity contribution is 7.09. The zero-order chi connectivity index (χ0) is 20.1. The Morgan fingerprint density at radius 1 is 1.14 bits per heavy atom. The molecule has 29 heavy (non-hydrogen) atoms. The van der Waals surface area contributed by atoms with E-state index in [9.17, 15) is 4.79 Å². The van der Waals surface area contributed by atoms with Crippen molar-refractivity contribution in [2.75, 3.05) is 23.3 Å². The summed E-state index contributed by atoms with van der Waals surface area (Å²) in [5.41, 5.74) is 3.95. The summed E-state index contributed by atoms with van der Waals surface area (Å²) in [6.45, 7) is 4.55. The van der Waals surface area contributed by atoms with E-state index in [1.165, 1.54) is 29.7 Å². The number of rotatable bonds is 7. The molecule has 1 aromatic heterocycles. The first-order valence-electron chi connectivity index (χ1n) is 9.94. The fourth-order valence-corrected chi connectivity index (χ4v) is 4.15. The molecule has 0 aliphatic carbocycles. The van der Waals surface area contributed by atoms with Gasteiger partial charge in [0.25, 0.3) is 0 Å². The van der Waals surface area contributed by atoms with Crippen LogP contribution in [0.15, 0.2) is 53.9 Å². The number of benzene rings is 2. The zero-order valence-electron chi connectivity index (χ0n) is 16.6. The van der Waals surface area contributed by atoms with Crippen LogP contribution in [0.25, 0.3) is 0 Å². The molecule has 0 saturated carbocycles. The Morgan fingerprint density at radius 2 is 1.90 bits per heavy atom. The van der Waals surface area contributed by atoms with Gasteiger partial charge in [0.05, 0.1) is 23.5 Å². The number of para-hydroxylation sites is 2. The molecule has 2 aromatic carbocycles. The molecule has 1 aliphatic heterocycles. The summed E-state index contributed by atoms with van der Waals surface area (Å²) in [5, 5.41) is 5.86. The summed E-state index contributed by atoms with van der Waals surface area (Å²) in [4.78, 5) is 19.5. The highest BCUT2D eigenvalue weighted by Crippen LogP contribution is 2.28. The Morgan fingerprint density at radius 3 is 2.69 bits per heavy atom. The van der Waals surface area contributed by atoms with Gasteiger partial charge in [0.15, 0.2) is 0 Å². The number of hydrogen-bond acceptors (Lipinski definition) is 5. The standard InChI is InChI=1S/C23H25N3O2S/c1-17-8-10-19(11-9-17)28-15-23-24-18(16-29-23)14-22(27)25-20-6-2-3-7-21(20)26-12-4-5-13-26/h2-3,6-11,16H,4-5,12-15H2,1H3,(H,25,27). The van der Waals surface area contributed by atoms with Crippen LogP contribution in [0.1, 0.15) is 29.1 Å². The molecule has 6 heteroatoms.